The van der Waals surface area contributed by atoms with Crippen LogP contribution < -0.4 is 0 Å². The van der Waals surface area contributed by atoms with Gasteiger partial charge in [0, 0.05) is 22.3 Å². The van der Waals surface area contributed by atoms with Gasteiger partial charge in [0.05, 0.1) is 0 Å². The van der Waals surface area contributed by atoms with Gasteiger partial charge in [-0.1, -0.05) is 85.0 Å². The minimum atomic E-state index is -0.705. The Morgan fingerprint density at radius 1 is 0.432 bits per heavy atom. The van der Waals surface area contributed by atoms with Gasteiger partial charge in [-0.3, -0.25) is 0 Å². The quantitative estimate of drug-likeness (QED) is 0.291. The molecule has 0 radical (unpaired) electrons. The van der Waals surface area contributed by atoms with Gasteiger partial charge in [0.15, 0.2) is 0 Å². The topological polar surface area (TPSA) is 27.7 Å². The van der Waals surface area contributed by atoms with Gasteiger partial charge in [-0.2, -0.15) is 0 Å². The van der Waals surface area contributed by atoms with Crippen molar-refractivity contribution in [1.29, 1.82) is 0 Å². The molecule has 6 aliphatic heterocycles. The fourth-order valence-corrected chi connectivity index (χ4v) is 7.85. The van der Waals surface area contributed by atoms with Crippen LogP contribution in [0.4, 0.5) is 0 Å². The van der Waals surface area contributed by atoms with Crippen LogP contribution in [0.5, 0.6) is 0 Å². The van der Waals surface area contributed by atoms with E-state index in [1.54, 1.807) is 0 Å². The molecular weight excluding hydrogens is 456 g/mol. The summed E-state index contributed by atoms with van der Waals surface area (Å²) in [6.45, 7) is 0. The van der Waals surface area contributed by atoms with E-state index in [0.717, 1.165) is 11.1 Å². The second-order valence-electron chi connectivity index (χ2n) is 11.0. The minimum Gasteiger partial charge on any atom is -0.357 e. The van der Waals surface area contributed by atoms with Crippen molar-refractivity contribution < 1.29 is 14.2 Å². The number of hydrogen-bond acceptors (Lipinski definition) is 3. The van der Waals surface area contributed by atoms with Crippen molar-refractivity contribution in [2.75, 3.05) is 0 Å². The summed E-state index contributed by atoms with van der Waals surface area (Å²) in [7, 11) is 0. The lowest BCUT2D eigenvalue weighted by Crippen LogP contribution is -2.28. The lowest BCUT2D eigenvalue weighted by Gasteiger charge is -2.32. The molecular formula is C34H22O3. The molecule has 10 rings (SSSR count). The number of hydrogen-bond donors (Lipinski definition) is 0. The Kier molecular flexibility index (Phi) is 3.24. The third-order valence-corrected chi connectivity index (χ3v) is 9.36. The highest BCUT2D eigenvalue weighted by atomic mass is 16.5. The summed E-state index contributed by atoms with van der Waals surface area (Å²) in [6.07, 6.45) is 8.87. The summed E-state index contributed by atoms with van der Waals surface area (Å²) < 4.78 is 20.2. The van der Waals surface area contributed by atoms with Gasteiger partial charge in [0.2, 0.25) is 0 Å². The molecule has 6 aliphatic rings. The molecule has 6 heterocycles. The van der Waals surface area contributed by atoms with E-state index in [4.69, 9.17) is 14.2 Å². The van der Waals surface area contributed by atoms with E-state index < -0.39 is 11.2 Å². The maximum Gasteiger partial charge on any atom is 0.146 e. The lowest BCUT2D eigenvalue weighted by molar-refractivity contribution is -0.0260. The molecule has 3 heteroatoms. The molecule has 0 amide bonds. The first kappa shape index (κ1) is 19.4. The lowest BCUT2D eigenvalue weighted by atomic mass is 9.66. The van der Waals surface area contributed by atoms with E-state index in [1.807, 2.05) is 0 Å². The van der Waals surface area contributed by atoms with Crippen LogP contribution in [-0.2, 0) is 25.4 Å². The first-order chi connectivity index (χ1) is 18.3. The maximum atomic E-state index is 7.58. The molecule has 4 atom stereocenters. The molecule has 176 valence electrons. The second kappa shape index (κ2) is 6.20. The van der Waals surface area contributed by atoms with Crippen LogP contribution in [0.1, 0.15) is 80.1 Å². The first-order valence-electron chi connectivity index (χ1n) is 13.1. The molecule has 3 nitrogen and oxygen atoms in total. The SMILES string of the molecule is C1=CC2OC1c1cc3c(cc12)C1(c2ccccc2)OC3(c2ccccc2)c2cc3c(cc21)C1C=CC3O1. The highest BCUT2D eigenvalue weighted by molar-refractivity contribution is 5.73. The van der Waals surface area contributed by atoms with E-state index in [-0.39, 0.29) is 24.4 Å². The van der Waals surface area contributed by atoms with Crippen molar-refractivity contribution in [2.45, 2.75) is 35.6 Å². The van der Waals surface area contributed by atoms with Gasteiger partial charge >= 0.3 is 0 Å². The normalized spacial score (nSPS) is 33.6. The van der Waals surface area contributed by atoms with Crippen LogP contribution >= 0.6 is 0 Å². The summed E-state index contributed by atoms with van der Waals surface area (Å²) in [5.41, 5.74) is 10.9. The van der Waals surface area contributed by atoms with E-state index >= 15 is 0 Å². The van der Waals surface area contributed by atoms with Crippen LogP contribution in [-0.4, -0.2) is 0 Å². The number of ether oxygens (including phenoxy) is 3. The largest absolute Gasteiger partial charge is 0.357 e. The second-order valence-corrected chi connectivity index (χ2v) is 11.0. The Hall–Kier alpha value is -3.76. The van der Waals surface area contributed by atoms with Crippen molar-refractivity contribution in [3.8, 4) is 0 Å². The van der Waals surface area contributed by atoms with Crippen LogP contribution in [0.25, 0.3) is 0 Å². The van der Waals surface area contributed by atoms with Crippen molar-refractivity contribution in [3.05, 3.63) is 165 Å². The monoisotopic (exact) mass is 478 g/mol. The van der Waals surface area contributed by atoms with Crippen molar-refractivity contribution in [3.63, 3.8) is 0 Å². The van der Waals surface area contributed by atoms with Crippen LogP contribution in [0.2, 0.25) is 0 Å². The van der Waals surface area contributed by atoms with Crippen LogP contribution in [0, 0.1) is 0 Å². The summed E-state index contributed by atoms with van der Waals surface area (Å²) >= 11 is 0. The van der Waals surface area contributed by atoms with Crippen molar-refractivity contribution in [1.82, 2.24) is 0 Å². The smallest absolute Gasteiger partial charge is 0.146 e. The Morgan fingerprint density at radius 3 is 1.08 bits per heavy atom. The van der Waals surface area contributed by atoms with E-state index in [2.05, 4.69) is 109 Å². The predicted molar refractivity (Wildman–Crippen MR) is 138 cm³/mol. The minimum absolute atomic E-state index is 0.0266. The molecule has 4 aromatic rings. The van der Waals surface area contributed by atoms with E-state index in [9.17, 15) is 0 Å². The fourth-order valence-electron chi connectivity index (χ4n) is 7.85. The Bertz CT molecular complexity index is 1530. The third kappa shape index (κ3) is 2.04. The standard InChI is InChI=1S/C34H22O3/c1-3-7-19(8-4-1)33-25-15-21-23(31-13-11-29(21)35-31)17-27(25)34(37-33,20-9-5-2-6-10-20)28-18-24-22(16-26(28)33)30-12-14-32(24)36-30/h1-18,29-32H. The number of benzene rings is 4. The van der Waals surface area contributed by atoms with E-state index in [0.29, 0.717) is 0 Å². The Labute approximate surface area is 214 Å². The van der Waals surface area contributed by atoms with Gasteiger partial charge < -0.3 is 14.2 Å². The van der Waals surface area contributed by atoms with Crippen molar-refractivity contribution >= 4 is 0 Å². The van der Waals surface area contributed by atoms with Gasteiger partial charge in [-0.25, -0.2) is 0 Å². The van der Waals surface area contributed by atoms with Gasteiger partial charge in [-0.05, 0) is 57.6 Å². The molecule has 6 bridgehead atoms. The van der Waals surface area contributed by atoms with Crippen LogP contribution in [0.15, 0.2) is 109 Å². The van der Waals surface area contributed by atoms with Gasteiger partial charge in [0.1, 0.15) is 35.6 Å². The molecule has 0 fully saturated rings. The highest BCUT2D eigenvalue weighted by Crippen LogP contribution is 2.68. The Balaban J connectivity index is 1.37. The van der Waals surface area contributed by atoms with Gasteiger partial charge in [0.25, 0.3) is 0 Å². The molecule has 0 aliphatic carbocycles. The summed E-state index contributed by atoms with van der Waals surface area (Å²) in [5, 5.41) is 0. The predicted octanol–water partition coefficient (Wildman–Crippen LogP) is 6.98. The van der Waals surface area contributed by atoms with Crippen molar-refractivity contribution in [2.24, 2.45) is 0 Å². The molecule has 4 unspecified atom stereocenters. The summed E-state index contributed by atoms with van der Waals surface area (Å²) in [4.78, 5) is 0. The number of rotatable bonds is 2. The average molecular weight is 479 g/mol. The Morgan fingerprint density at radius 2 is 0.757 bits per heavy atom. The fraction of sp³-hybridized carbons (Fsp3) is 0.176. The zero-order valence-corrected chi connectivity index (χ0v) is 19.9. The average Bonchev–Trinajstić information content (AvgIpc) is 3.80. The summed E-state index contributed by atoms with van der Waals surface area (Å²) in [5.74, 6) is 0. The maximum absolute atomic E-state index is 7.58. The van der Waals surface area contributed by atoms with Gasteiger partial charge in [-0.15, -0.1) is 0 Å². The third-order valence-electron chi connectivity index (χ3n) is 9.36. The van der Waals surface area contributed by atoms with E-state index in [1.165, 1.54) is 44.5 Å². The first-order valence-corrected chi connectivity index (χ1v) is 13.1. The van der Waals surface area contributed by atoms with Crippen LogP contribution in [0.3, 0.4) is 0 Å². The zero-order chi connectivity index (χ0) is 23.9. The number of fused-ring (bicyclic) bond motifs is 18. The molecule has 4 aromatic carbocycles. The molecule has 0 N–H and O–H groups in total. The molecule has 0 aromatic heterocycles. The summed E-state index contributed by atoms with van der Waals surface area (Å²) in [6, 6.07) is 31.0. The molecule has 37 heavy (non-hydrogen) atoms. The zero-order valence-electron chi connectivity index (χ0n) is 19.9. The molecule has 0 saturated heterocycles. The molecule has 0 saturated carbocycles. The molecule has 0 spiro atoms. The highest BCUT2D eigenvalue weighted by Gasteiger charge is 2.65.